The van der Waals surface area contributed by atoms with Crippen LogP contribution in [0.25, 0.3) is 0 Å². The third-order valence-corrected chi connectivity index (χ3v) is 6.13. The Morgan fingerprint density at radius 2 is 2.04 bits per heavy atom. The van der Waals surface area contributed by atoms with Crippen LogP contribution in [-0.2, 0) is 29.0 Å². The molecule has 10 heteroatoms. The molecular formula is C15H22N2O7S. The van der Waals surface area contributed by atoms with E-state index in [0.717, 1.165) is 31.1 Å². The number of sulfone groups is 1. The van der Waals surface area contributed by atoms with Crippen LogP contribution in [-0.4, -0.2) is 66.6 Å². The van der Waals surface area contributed by atoms with Gasteiger partial charge in [-0.1, -0.05) is 19.8 Å². The summed E-state index contributed by atoms with van der Waals surface area (Å²) in [6.07, 6.45) is 2.73. The van der Waals surface area contributed by atoms with Gasteiger partial charge in [0.15, 0.2) is 15.2 Å². The van der Waals surface area contributed by atoms with Crippen molar-refractivity contribution < 1.29 is 32.6 Å². The summed E-state index contributed by atoms with van der Waals surface area (Å²) in [5.74, 6) is -3.23. The quantitative estimate of drug-likeness (QED) is 0.334. The Balaban J connectivity index is 2.25. The third-order valence-electron chi connectivity index (χ3n) is 4.16. The summed E-state index contributed by atoms with van der Waals surface area (Å²) in [5.41, 5.74) is -0.505. The van der Waals surface area contributed by atoms with Crippen molar-refractivity contribution in [2.45, 2.75) is 44.5 Å². The summed E-state index contributed by atoms with van der Waals surface area (Å²) in [6, 6.07) is -0.938. The number of amides is 1. The molecule has 25 heavy (non-hydrogen) atoms. The second-order valence-electron chi connectivity index (χ2n) is 6.08. The lowest BCUT2D eigenvalue weighted by Crippen LogP contribution is -2.74. The van der Waals surface area contributed by atoms with Crippen molar-refractivity contribution >= 4 is 27.7 Å². The molecule has 2 N–H and O–H groups in total. The fraction of sp³-hybridized carbons (Fsp3) is 0.667. The molecular weight excluding hydrogens is 352 g/mol. The van der Waals surface area contributed by atoms with Gasteiger partial charge in [0, 0.05) is 12.5 Å². The third kappa shape index (κ3) is 3.84. The van der Waals surface area contributed by atoms with Gasteiger partial charge in [-0.3, -0.25) is 14.5 Å². The highest BCUT2D eigenvalue weighted by Crippen LogP contribution is 2.36. The number of ether oxygens (including phenoxy) is 1. The lowest BCUT2D eigenvalue weighted by atomic mass is 10.0. The van der Waals surface area contributed by atoms with Crippen molar-refractivity contribution in [3.05, 3.63) is 11.3 Å². The molecule has 1 amide bonds. The minimum absolute atomic E-state index is 0.100. The predicted octanol–water partition coefficient (Wildman–Crippen LogP) is -0.367. The van der Waals surface area contributed by atoms with Gasteiger partial charge in [-0.2, -0.15) is 0 Å². The minimum Gasteiger partial charge on any atom is -0.477 e. The van der Waals surface area contributed by atoms with Crippen molar-refractivity contribution in [1.82, 2.24) is 10.2 Å². The highest BCUT2D eigenvalue weighted by molar-refractivity contribution is 7.92. The van der Waals surface area contributed by atoms with Gasteiger partial charge >= 0.3 is 11.9 Å². The fourth-order valence-corrected chi connectivity index (χ4v) is 5.04. The van der Waals surface area contributed by atoms with E-state index < -0.39 is 57.2 Å². The number of hydrogen-bond donors (Lipinski definition) is 2. The van der Waals surface area contributed by atoms with Crippen molar-refractivity contribution in [3.63, 3.8) is 0 Å². The second-order valence-corrected chi connectivity index (χ2v) is 8.18. The van der Waals surface area contributed by atoms with Crippen LogP contribution in [0.5, 0.6) is 0 Å². The highest BCUT2D eigenvalue weighted by Gasteiger charge is 2.59. The molecule has 9 nitrogen and oxygen atoms in total. The number of carbonyl (C=O) groups is 3. The molecule has 0 unspecified atom stereocenters. The maximum Gasteiger partial charge on any atom is 0.352 e. The number of aliphatic carboxylic acids is 1. The van der Waals surface area contributed by atoms with Crippen LogP contribution < -0.4 is 5.32 Å². The molecule has 2 rings (SSSR count). The zero-order valence-electron chi connectivity index (χ0n) is 14.1. The van der Waals surface area contributed by atoms with Gasteiger partial charge in [0.2, 0.25) is 5.91 Å². The van der Waals surface area contributed by atoms with Crippen molar-refractivity contribution in [2.75, 3.05) is 18.9 Å². The summed E-state index contributed by atoms with van der Waals surface area (Å²) >= 11 is 0. The number of fused-ring (bicyclic) bond motifs is 1. The van der Waals surface area contributed by atoms with Crippen LogP contribution in [0.1, 0.15) is 33.1 Å². The summed E-state index contributed by atoms with van der Waals surface area (Å²) in [5, 5.41) is 11.1. The van der Waals surface area contributed by atoms with Gasteiger partial charge in [0.25, 0.3) is 0 Å². The molecule has 0 aromatic rings. The van der Waals surface area contributed by atoms with Crippen LogP contribution in [0.15, 0.2) is 11.3 Å². The summed E-state index contributed by atoms with van der Waals surface area (Å²) in [7, 11) is -3.78. The van der Waals surface area contributed by atoms with E-state index in [4.69, 9.17) is 4.74 Å². The van der Waals surface area contributed by atoms with E-state index in [1.54, 1.807) is 0 Å². The normalized spacial score (nSPS) is 24.6. The van der Waals surface area contributed by atoms with Crippen molar-refractivity contribution in [2.24, 2.45) is 0 Å². The molecule has 0 radical (unpaired) electrons. The van der Waals surface area contributed by atoms with Crippen LogP contribution in [0, 0.1) is 0 Å². The lowest BCUT2D eigenvalue weighted by Gasteiger charge is -2.49. The average molecular weight is 374 g/mol. The molecule has 1 fully saturated rings. The largest absolute Gasteiger partial charge is 0.477 e. The first-order chi connectivity index (χ1) is 11.7. The highest BCUT2D eigenvalue weighted by atomic mass is 32.2. The molecule has 0 aromatic carbocycles. The standard InChI is InChI=1S/C15H22N2O7S/c1-3-4-5-6-16-11-13(19)17-12(15(20)21)10(7-24-9(2)18)8-25(22,23)14(11)17/h11,14,16H,3-8H2,1-2H3,(H,20,21)/t11-,14+/m0/s1. The number of carboxylic acids is 1. The fourth-order valence-electron chi connectivity index (χ4n) is 3.01. The first kappa shape index (κ1) is 19.4. The maximum atomic E-state index is 12.5. The maximum absolute atomic E-state index is 12.5. The van der Waals surface area contributed by atoms with Gasteiger partial charge in [-0.25, -0.2) is 13.2 Å². The van der Waals surface area contributed by atoms with E-state index in [0.29, 0.717) is 6.54 Å². The van der Waals surface area contributed by atoms with Gasteiger partial charge in [0.05, 0.1) is 5.75 Å². The van der Waals surface area contributed by atoms with Crippen LogP contribution in [0.2, 0.25) is 0 Å². The Morgan fingerprint density at radius 3 is 2.60 bits per heavy atom. The van der Waals surface area contributed by atoms with E-state index in [1.165, 1.54) is 0 Å². The number of carboxylic acid groups (broad SMARTS) is 1. The van der Waals surface area contributed by atoms with Gasteiger partial charge in [-0.15, -0.1) is 0 Å². The number of esters is 1. The Bertz CT molecular complexity index is 713. The summed E-state index contributed by atoms with van der Waals surface area (Å²) < 4.78 is 29.8. The van der Waals surface area contributed by atoms with E-state index in [2.05, 4.69) is 5.32 Å². The molecule has 0 aliphatic carbocycles. The summed E-state index contributed by atoms with van der Waals surface area (Å²) in [4.78, 5) is 35.6. The zero-order chi connectivity index (χ0) is 18.8. The van der Waals surface area contributed by atoms with E-state index in [-0.39, 0.29) is 5.57 Å². The number of hydrogen-bond acceptors (Lipinski definition) is 7. The van der Waals surface area contributed by atoms with E-state index in [1.807, 2.05) is 6.92 Å². The molecule has 2 aliphatic heterocycles. The molecule has 1 saturated heterocycles. The second kappa shape index (κ2) is 7.52. The number of β-lactam (4-membered cyclic amide) rings is 1. The first-order valence-electron chi connectivity index (χ1n) is 8.07. The molecule has 2 aliphatic rings. The Kier molecular flexibility index (Phi) is 5.83. The lowest BCUT2D eigenvalue weighted by molar-refractivity contribution is -0.149. The number of nitrogens with zero attached hydrogens (tertiary/aromatic N) is 1. The van der Waals surface area contributed by atoms with Gasteiger partial charge in [-0.05, 0) is 13.0 Å². The first-order valence-corrected chi connectivity index (χ1v) is 9.79. The number of carbonyl (C=O) groups excluding carboxylic acids is 2. The van der Waals surface area contributed by atoms with Crippen LogP contribution in [0.4, 0.5) is 0 Å². The molecule has 2 heterocycles. The zero-order valence-corrected chi connectivity index (χ0v) is 15.0. The number of unbranched alkanes of at least 4 members (excludes halogenated alkanes) is 2. The van der Waals surface area contributed by atoms with E-state index >= 15 is 0 Å². The SMILES string of the molecule is CCCCCN[C@H]1C(=O)N2C(C(=O)O)=C(COC(C)=O)CS(=O)(=O)[C@H]12. The Hall–Kier alpha value is -1.94. The molecule has 0 spiro atoms. The number of rotatable bonds is 8. The topological polar surface area (TPSA) is 130 Å². The molecule has 0 bridgehead atoms. The minimum atomic E-state index is -3.78. The smallest absolute Gasteiger partial charge is 0.352 e. The Morgan fingerprint density at radius 1 is 1.36 bits per heavy atom. The van der Waals surface area contributed by atoms with Crippen molar-refractivity contribution in [3.8, 4) is 0 Å². The average Bonchev–Trinajstić information content (AvgIpc) is 2.51. The number of nitrogens with one attached hydrogen (secondary N) is 1. The predicted molar refractivity (Wildman–Crippen MR) is 87.0 cm³/mol. The van der Waals surface area contributed by atoms with Crippen LogP contribution >= 0.6 is 0 Å². The molecule has 0 aromatic heterocycles. The van der Waals surface area contributed by atoms with Gasteiger partial charge in [0.1, 0.15) is 18.3 Å². The van der Waals surface area contributed by atoms with E-state index in [9.17, 15) is 27.9 Å². The van der Waals surface area contributed by atoms with Crippen LogP contribution in [0.3, 0.4) is 0 Å². The van der Waals surface area contributed by atoms with Gasteiger partial charge < -0.3 is 15.2 Å². The molecule has 140 valence electrons. The Labute approximate surface area is 145 Å². The monoisotopic (exact) mass is 374 g/mol. The van der Waals surface area contributed by atoms with Crippen molar-refractivity contribution in [1.29, 1.82) is 0 Å². The summed E-state index contributed by atoms with van der Waals surface area (Å²) in [6.45, 7) is 3.17. The molecule has 0 saturated carbocycles. The molecule has 2 atom stereocenters.